The highest BCUT2D eigenvalue weighted by Crippen LogP contribution is 2.30. The Labute approximate surface area is 147 Å². The summed E-state index contributed by atoms with van der Waals surface area (Å²) in [5, 5.41) is 11.2. The van der Waals surface area contributed by atoms with E-state index in [9.17, 15) is 10.1 Å². The number of nitro benzene ring substituents is 1. The summed E-state index contributed by atoms with van der Waals surface area (Å²) in [4.78, 5) is 20.0. The van der Waals surface area contributed by atoms with Crippen LogP contribution in [-0.4, -0.2) is 43.0 Å². The predicted octanol–water partition coefficient (Wildman–Crippen LogP) is 3.49. The summed E-state index contributed by atoms with van der Waals surface area (Å²) in [5.41, 5.74) is 1.11. The van der Waals surface area contributed by atoms with Gasteiger partial charge in [0.05, 0.1) is 24.7 Å². The molecule has 2 atom stereocenters. The molecule has 0 aromatic heterocycles. The van der Waals surface area contributed by atoms with Crippen LogP contribution in [0.1, 0.15) is 25.8 Å². The van der Waals surface area contributed by atoms with Crippen molar-refractivity contribution in [2.24, 2.45) is 15.9 Å². The highest BCUT2D eigenvalue weighted by molar-refractivity contribution is 5.95. The molecule has 7 nitrogen and oxygen atoms in total. The number of rotatable bonds is 5. The number of methoxy groups -OCH3 is 2. The first-order valence-electron chi connectivity index (χ1n) is 8.04. The molecule has 1 aliphatic rings. The van der Waals surface area contributed by atoms with Crippen LogP contribution in [0.2, 0.25) is 0 Å². The Balaban J connectivity index is 2.30. The molecule has 0 saturated carbocycles. The zero-order valence-corrected chi connectivity index (χ0v) is 14.9. The van der Waals surface area contributed by atoms with Crippen molar-refractivity contribution in [2.45, 2.75) is 32.4 Å². The van der Waals surface area contributed by atoms with Gasteiger partial charge in [0.15, 0.2) is 0 Å². The lowest BCUT2D eigenvalue weighted by Crippen LogP contribution is -2.37. The van der Waals surface area contributed by atoms with Gasteiger partial charge >= 0.3 is 0 Å². The second-order valence-electron chi connectivity index (χ2n) is 6.13. The molecule has 0 saturated heterocycles. The summed E-state index contributed by atoms with van der Waals surface area (Å²) in [6, 6.07) is 5.92. The Bertz CT molecular complexity index is 725. The van der Waals surface area contributed by atoms with Crippen LogP contribution in [0.5, 0.6) is 0 Å². The molecule has 0 radical (unpaired) electrons. The largest absolute Gasteiger partial charge is 0.483 e. The van der Waals surface area contributed by atoms with Crippen molar-refractivity contribution in [3.05, 3.63) is 46.5 Å². The number of nitro groups is 1. The Morgan fingerprint density at radius 2 is 1.88 bits per heavy atom. The van der Waals surface area contributed by atoms with Crippen LogP contribution in [0.15, 0.2) is 40.8 Å². The molecule has 1 aromatic carbocycles. The fourth-order valence-corrected chi connectivity index (χ4v) is 2.77. The van der Waals surface area contributed by atoms with Crippen molar-refractivity contribution in [3.8, 4) is 0 Å². The Morgan fingerprint density at radius 1 is 1.24 bits per heavy atom. The van der Waals surface area contributed by atoms with E-state index in [0.29, 0.717) is 29.4 Å². The minimum atomic E-state index is -0.415. The number of hydrogen-bond acceptors (Lipinski definition) is 6. The first-order chi connectivity index (χ1) is 11.9. The van der Waals surface area contributed by atoms with Crippen LogP contribution in [0, 0.1) is 16.0 Å². The molecule has 1 heterocycles. The maximum atomic E-state index is 11.2. The minimum absolute atomic E-state index is 0.0233. The van der Waals surface area contributed by atoms with Gasteiger partial charge in [-0.2, -0.15) is 0 Å². The van der Waals surface area contributed by atoms with Gasteiger partial charge in [0.2, 0.25) is 11.8 Å². The van der Waals surface area contributed by atoms with E-state index < -0.39 is 11.0 Å². The van der Waals surface area contributed by atoms with Crippen molar-refractivity contribution in [2.75, 3.05) is 14.2 Å². The molecule has 0 bridgehead atoms. The van der Waals surface area contributed by atoms with Gasteiger partial charge in [0.1, 0.15) is 12.1 Å². The Hall–Kier alpha value is -2.70. The number of benzene rings is 1. The summed E-state index contributed by atoms with van der Waals surface area (Å²) in [5.74, 6) is 1.23. The Morgan fingerprint density at radius 3 is 2.44 bits per heavy atom. The van der Waals surface area contributed by atoms with Crippen molar-refractivity contribution >= 4 is 23.1 Å². The van der Waals surface area contributed by atoms with Crippen molar-refractivity contribution in [1.29, 1.82) is 0 Å². The molecular weight excluding hydrogens is 322 g/mol. The molecule has 0 unspecified atom stereocenters. The fraction of sp³-hybridized carbons (Fsp3) is 0.444. The number of nitrogens with zero attached hydrogens (tertiary/aromatic N) is 3. The van der Waals surface area contributed by atoms with Gasteiger partial charge in [-0.05, 0) is 17.6 Å². The van der Waals surface area contributed by atoms with Crippen LogP contribution in [0.4, 0.5) is 5.69 Å². The third-order valence-electron chi connectivity index (χ3n) is 4.06. The first-order valence-corrected chi connectivity index (χ1v) is 8.04. The van der Waals surface area contributed by atoms with Gasteiger partial charge in [-0.25, -0.2) is 9.98 Å². The molecule has 134 valence electrons. The van der Waals surface area contributed by atoms with Crippen LogP contribution >= 0.6 is 0 Å². The molecular formula is C18H23N3O4. The topological polar surface area (TPSA) is 86.3 Å². The molecule has 2 rings (SSSR count). The van der Waals surface area contributed by atoms with Gasteiger partial charge in [0.25, 0.3) is 5.69 Å². The van der Waals surface area contributed by atoms with Crippen LogP contribution in [0.25, 0.3) is 5.57 Å². The fourth-order valence-electron chi connectivity index (χ4n) is 2.77. The average Bonchev–Trinajstić information content (AvgIpc) is 2.60. The number of aliphatic imine (C=N–C) groups is 2. The monoisotopic (exact) mass is 345 g/mol. The first kappa shape index (κ1) is 18.6. The average molecular weight is 345 g/mol. The van der Waals surface area contributed by atoms with E-state index in [2.05, 4.69) is 16.6 Å². The van der Waals surface area contributed by atoms with Gasteiger partial charge in [0, 0.05) is 12.5 Å². The molecule has 1 aromatic rings. The van der Waals surface area contributed by atoms with E-state index in [1.807, 2.05) is 13.8 Å². The van der Waals surface area contributed by atoms with Crippen LogP contribution in [0.3, 0.4) is 0 Å². The highest BCUT2D eigenvalue weighted by atomic mass is 16.6. The van der Waals surface area contributed by atoms with E-state index >= 15 is 0 Å². The molecule has 0 aliphatic carbocycles. The summed E-state index contributed by atoms with van der Waals surface area (Å²) in [7, 11) is 3.11. The third-order valence-corrected chi connectivity index (χ3v) is 4.06. The number of hydrogen-bond donors (Lipinski definition) is 0. The van der Waals surface area contributed by atoms with E-state index in [1.165, 1.54) is 6.07 Å². The van der Waals surface area contributed by atoms with Gasteiger partial charge in [-0.3, -0.25) is 10.1 Å². The summed E-state index contributed by atoms with van der Waals surface area (Å²) in [6.07, 6.45) is 0.356. The number of ether oxygens (including phenoxy) is 2. The van der Waals surface area contributed by atoms with Crippen LogP contribution in [-0.2, 0) is 9.47 Å². The van der Waals surface area contributed by atoms with Crippen molar-refractivity contribution in [1.82, 2.24) is 0 Å². The molecule has 0 N–H and O–H groups in total. The molecule has 0 spiro atoms. The summed E-state index contributed by atoms with van der Waals surface area (Å²) >= 11 is 0. The predicted molar refractivity (Wildman–Crippen MR) is 98.0 cm³/mol. The summed E-state index contributed by atoms with van der Waals surface area (Å²) in [6.45, 7) is 8.07. The highest BCUT2D eigenvalue weighted by Gasteiger charge is 2.31. The quantitative estimate of drug-likeness (QED) is 0.604. The van der Waals surface area contributed by atoms with Crippen molar-refractivity contribution in [3.63, 3.8) is 0 Å². The molecule has 0 fully saturated rings. The molecule has 7 heteroatoms. The van der Waals surface area contributed by atoms with E-state index in [0.717, 1.165) is 0 Å². The smallest absolute Gasteiger partial charge is 0.276 e. The lowest BCUT2D eigenvalue weighted by atomic mass is 9.97. The molecule has 1 aliphatic heterocycles. The maximum Gasteiger partial charge on any atom is 0.276 e. The normalized spacial score (nSPS) is 19.9. The maximum absolute atomic E-state index is 11.2. The second-order valence-corrected chi connectivity index (χ2v) is 6.13. The Kier molecular flexibility index (Phi) is 5.90. The zero-order chi connectivity index (χ0) is 18.6. The van der Waals surface area contributed by atoms with Gasteiger partial charge < -0.3 is 9.47 Å². The van der Waals surface area contributed by atoms with Crippen LogP contribution < -0.4 is 0 Å². The van der Waals surface area contributed by atoms with Gasteiger partial charge in [-0.15, -0.1) is 0 Å². The lowest BCUT2D eigenvalue weighted by Gasteiger charge is -2.27. The third kappa shape index (κ3) is 4.04. The van der Waals surface area contributed by atoms with Gasteiger partial charge in [-0.1, -0.05) is 32.6 Å². The van der Waals surface area contributed by atoms with Crippen molar-refractivity contribution < 1.29 is 14.4 Å². The molecule has 0 amide bonds. The molecule has 25 heavy (non-hydrogen) atoms. The minimum Gasteiger partial charge on any atom is -0.483 e. The summed E-state index contributed by atoms with van der Waals surface area (Å²) < 4.78 is 10.8. The van der Waals surface area contributed by atoms with E-state index in [4.69, 9.17) is 9.47 Å². The zero-order valence-electron chi connectivity index (χ0n) is 14.9. The SMILES string of the molecule is C=C(C[C@H]1N=C(OC)[C@H](C(C)C)N=C1OC)c1ccccc1[N+](=O)[O-]. The van der Waals surface area contributed by atoms with E-state index in [-0.39, 0.29) is 17.6 Å². The lowest BCUT2D eigenvalue weighted by molar-refractivity contribution is -0.385. The second kappa shape index (κ2) is 7.92. The van der Waals surface area contributed by atoms with E-state index in [1.54, 1.807) is 32.4 Å². The standard InChI is InChI=1S/C18H23N3O4/c1-11(2)16-18(25-5)19-14(17(20-16)24-4)10-12(3)13-8-6-7-9-15(13)21(22)23/h6-9,11,14,16H,3,10H2,1-2,4-5H3/t14-,16+/m1/s1. The number of para-hydroxylation sites is 1.